The number of carbonyl (C=O) groups excluding carboxylic acids is 1. The molecule has 1 amide bonds. The van der Waals surface area contributed by atoms with Gasteiger partial charge in [0.1, 0.15) is 5.75 Å². The number of hydrogen-bond donors (Lipinski definition) is 2. The maximum atomic E-state index is 11.9. The van der Waals surface area contributed by atoms with E-state index >= 15 is 0 Å². The van der Waals surface area contributed by atoms with E-state index in [0.29, 0.717) is 6.61 Å². The van der Waals surface area contributed by atoms with Gasteiger partial charge in [-0.05, 0) is 51.8 Å². The normalized spacial score (nSPS) is 11.2. The predicted molar refractivity (Wildman–Crippen MR) is 83.4 cm³/mol. The van der Waals surface area contributed by atoms with E-state index in [-0.39, 0.29) is 18.0 Å². The van der Waals surface area contributed by atoms with Gasteiger partial charge in [0, 0.05) is 5.54 Å². The zero-order valence-corrected chi connectivity index (χ0v) is 13.2. The highest BCUT2D eigenvalue weighted by atomic mass is 16.5. The molecule has 2 N–H and O–H groups in total. The number of carbonyl (C=O) groups is 1. The minimum Gasteiger partial charge on any atom is -0.491 e. The number of ether oxygens (including phenoxy) is 1. The van der Waals surface area contributed by atoms with E-state index in [1.165, 1.54) is 0 Å². The summed E-state index contributed by atoms with van der Waals surface area (Å²) in [5, 5.41) is 6.06. The maximum Gasteiger partial charge on any atom is 0.238 e. The minimum atomic E-state index is -0.0772. The number of amides is 1. The van der Waals surface area contributed by atoms with Crippen molar-refractivity contribution in [1.29, 1.82) is 0 Å². The van der Waals surface area contributed by atoms with Crippen molar-refractivity contribution in [3.05, 3.63) is 23.8 Å². The first-order valence-electron chi connectivity index (χ1n) is 7.10. The molecule has 0 radical (unpaired) electrons. The fraction of sp³-hybridized carbons (Fsp3) is 0.562. The first-order valence-corrected chi connectivity index (χ1v) is 7.10. The minimum absolute atomic E-state index is 0.0647. The molecule has 0 spiro atoms. The zero-order valence-electron chi connectivity index (χ0n) is 13.2. The van der Waals surface area contributed by atoms with Crippen LogP contribution in [0.3, 0.4) is 0 Å². The van der Waals surface area contributed by atoms with E-state index < -0.39 is 0 Å². The first kappa shape index (κ1) is 16.5. The van der Waals surface area contributed by atoms with Crippen LogP contribution in [-0.4, -0.2) is 24.6 Å². The summed E-state index contributed by atoms with van der Waals surface area (Å²) in [4.78, 5) is 11.9. The lowest BCUT2D eigenvalue weighted by atomic mass is 10.1. The van der Waals surface area contributed by atoms with Gasteiger partial charge < -0.3 is 15.4 Å². The predicted octanol–water partition coefficient (Wildman–Crippen LogP) is 3.11. The average molecular weight is 278 g/mol. The van der Waals surface area contributed by atoms with Crippen molar-refractivity contribution in [2.24, 2.45) is 0 Å². The van der Waals surface area contributed by atoms with Crippen molar-refractivity contribution in [2.45, 2.75) is 46.6 Å². The van der Waals surface area contributed by atoms with E-state index in [1.54, 1.807) is 0 Å². The fourth-order valence-corrected chi connectivity index (χ4v) is 1.60. The molecule has 0 unspecified atom stereocenters. The highest BCUT2D eigenvalue weighted by molar-refractivity contribution is 5.93. The largest absolute Gasteiger partial charge is 0.491 e. The molecule has 20 heavy (non-hydrogen) atoms. The second-order valence-electron chi connectivity index (χ2n) is 6.00. The van der Waals surface area contributed by atoms with Crippen molar-refractivity contribution in [1.82, 2.24) is 5.32 Å². The lowest BCUT2D eigenvalue weighted by molar-refractivity contribution is -0.115. The van der Waals surface area contributed by atoms with Crippen molar-refractivity contribution >= 4 is 11.6 Å². The van der Waals surface area contributed by atoms with Gasteiger partial charge >= 0.3 is 0 Å². The van der Waals surface area contributed by atoms with Crippen LogP contribution in [0.25, 0.3) is 0 Å². The maximum absolute atomic E-state index is 11.9. The highest BCUT2D eigenvalue weighted by Crippen LogP contribution is 2.25. The van der Waals surface area contributed by atoms with Crippen molar-refractivity contribution in [3.63, 3.8) is 0 Å². The summed E-state index contributed by atoms with van der Waals surface area (Å²) in [7, 11) is 0. The van der Waals surface area contributed by atoms with Crippen LogP contribution in [0.1, 0.15) is 39.7 Å². The summed E-state index contributed by atoms with van der Waals surface area (Å²) in [5.74, 6) is 0.668. The molecule has 1 rings (SSSR count). The van der Waals surface area contributed by atoms with Gasteiger partial charge in [-0.2, -0.15) is 0 Å². The molecule has 0 aliphatic carbocycles. The van der Waals surface area contributed by atoms with Crippen molar-refractivity contribution < 1.29 is 9.53 Å². The molecular formula is C16H26N2O2. The topological polar surface area (TPSA) is 50.4 Å². The lowest BCUT2D eigenvalue weighted by Crippen LogP contribution is -2.41. The van der Waals surface area contributed by atoms with Gasteiger partial charge in [-0.15, -0.1) is 0 Å². The Kier molecular flexibility index (Phi) is 6.02. The Morgan fingerprint density at radius 1 is 1.30 bits per heavy atom. The number of rotatable bonds is 6. The lowest BCUT2D eigenvalue weighted by Gasteiger charge is -2.20. The Balaban J connectivity index is 2.68. The Morgan fingerprint density at radius 2 is 2.00 bits per heavy atom. The van der Waals surface area contributed by atoms with Gasteiger partial charge in [0.15, 0.2) is 0 Å². The molecule has 4 nitrogen and oxygen atoms in total. The van der Waals surface area contributed by atoms with Crippen LogP contribution in [0, 0.1) is 6.92 Å². The molecule has 4 heteroatoms. The van der Waals surface area contributed by atoms with Gasteiger partial charge in [-0.1, -0.05) is 13.0 Å². The second kappa shape index (κ2) is 7.29. The third-order valence-corrected chi connectivity index (χ3v) is 2.65. The molecule has 1 aromatic rings. The fourth-order valence-electron chi connectivity index (χ4n) is 1.60. The van der Waals surface area contributed by atoms with Crippen LogP contribution in [0.2, 0.25) is 0 Å². The zero-order chi connectivity index (χ0) is 15.2. The van der Waals surface area contributed by atoms with E-state index in [1.807, 2.05) is 45.9 Å². The molecule has 0 aromatic heterocycles. The highest BCUT2D eigenvalue weighted by Gasteiger charge is 2.13. The summed E-state index contributed by atoms with van der Waals surface area (Å²) in [5.41, 5.74) is 1.76. The molecule has 0 bridgehead atoms. The van der Waals surface area contributed by atoms with Crippen LogP contribution >= 0.6 is 0 Å². The first-order chi connectivity index (χ1) is 9.31. The molecular weight excluding hydrogens is 252 g/mol. The summed E-state index contributed by atoms with van der Waals surface area (Å²) in [6, 6.07) is 5.80. The Labute approximate surface area is 121 Å². The van der Waals surface area contributed by atoms with Crippen LogP contribution in [0.15, 0.2) is 18.2 Å². The SMILES string of the molecule is CCCOc1cc(C)ccc1NC(=O)CNC(C)(C)C. The standard InChI is InChI=1S/C16H26N2O2/c1-6-9-20-14-10-12(2)7-8-13(14)18-15(19)11-17-16(3,4)5/h7-8,10,17H,6,9,11H2,1-5H3,(H,18,19). The third-order valence-electron chi connectivity index (χ3n) is 2.65. The molecule has 0 atom stereocenters. The van der Waals surface area contributed by atoms with E-state index in [2.05, 4.69) is 17.6 Å². The van der Waals surface area contributed by atoms with Gasteiger partial charge in [-0.3, -0.25) is 4.79 Å². The molecule has 0 aliphatic heterocycles. The number of hydrogen-bond acceptors (Lipinski definition) is 3. The molecule has 0 fully saturated rings. The summed E-state index contributed by atoms with van der Waals surface area (Å²) >= 11 is 0. The molecule has 0 saturated carbocycles. The Hall–Kier alpha value is -1.55. The Bertz CT molecular complexity index is 450. The molecule has 0 saturated heterocycles. The van der Waals surface area contributed by atoms with Gasteiger partial charge in [-0.25, -0.2) is 0 Å². The quantitative estimate of drug-likeness (QED) is 0.840. The number of nitrogens with one attached hydrogen (secondary N) is 2. The molecule has 1 aromatic carbocycles. The van der Waals surface area contributed by atoms with Gasteiger partial charge in [0.05, 0.1) is 18.8 Å². The number of aryl methyl sites for hydroxylation is 1. The van der Waals surface area contributed by atoms with E-state index in [4.69, 9.17) is 4.74 Å². The summed E-state index contributed by atoms with van der Waals surface area (Å²) in [6.07, 6.45) is 0.937. The number of benzene rings is 1. The van der Waals surface area contributed by atoms with Crippen LogP contribution in [0.4, 0.5) is 5.69 Å². The van der Waals surface area contributed by atoms with Crippen LogP contribution in [0.5, 0.6) is 5.75 Å². The smallest absolute Gasteiger partial charge is 0.238 e. The second-order valence-corrected chi connectivity index (χ2v) is 6.00. The average Bonchev–Trinajstić information content (AvgIpc) is 2.36. The van der Waals surface area contributed by atoms with E-state index in [0.717, 1.165) is 23.4 Å². The number of anilines is 1. The molecule has 0 heterocycles. The summed E-state index contributed by atoms with van der Waals surface area (Å²) < 4.78 is 5.68. The van der Waals surface area contributed by atoms with Crippen LogP contribution < -0.4 is 15.4 Å². The van der Waals surface area contributed by atoms with E-state index in [9.17, 15) is 4.79 Å². The van der Waals surface area contributed by atoms with Crippen molar-refractivity contribution in [2.75, 3.05) is 18.5 Å². The van der Waals surface area contributed by atoms with Gasteiger partial charge in [0.25, 0.3) is 0 Å². The molecule has 112 valence electrons. The third kappa shape index (κ3) is 6.06. The van der Waals surface area contributed by atoms with Crippen molar-refractivity contribution in [3.8, 4) is 5.75 Å². The monoisotopic (exact) mass is 278 g/mol. The summed E-state index contributed by atoms with van der Waals surface area (Å²) in [6.45, 7) is 11.1. The molecule has 0 aliphatic rings. The Morgan fingerprint density at radius 3 is 2.60 bits per heavy atom. The van der Waals surface area contributed by atoms with Crippen LogP contribution in [-0.2, 0) is 4.79 Å². The van der Waals surface area contributed by atoms with Gasteiger partial charge in [0.2, 0.25) is 5.91 Å².